The van der Waals surface area contributed by atoms with Gasteiger partial charge in [-0.1, -0.05) is 12.2 Å². The van der Waals surface area contributed by atoms with Crippen molar-refractivity contribution in [2.24, 2.45) is 0 Å². The fraction of sp³-hybridized carbons (Fsp3) is 0.667. The molecule has 0 unspecified atom stereocenters. The summed E-state index contributed by atoms with van der Waals surface area (Å²) in [4.78, 5) is 10.6. The van der Waals surface area contributed by atoms with Crippen molar-refractivity contribution in [1.29, 1.82) is 0 Å². The van der Waals surface area contributed by atoms with Crippen molar-refractivity contribution in [2.75, 3.05) is 0 Å². The number of aliphatic hydroxyl groups excluding tert-OH is 1. The molecule has 12 heavy (non-hydrogen) atoms. The van der Waals surface area contributed by atoms with E-state index >= 15 is 0 Å². The minimum atomic E-state index is -0.368. The molecule has 0 spiro atoms. The van der Waals surface area contributed by atoms with Crippen LogP contribution >= 0.6 is 0 Å². The van der Waals surface area contributed by atoms with E-state index in [0.717, 1.165) is 6.42 Å². The van der Waals surface area contributed by atoms with E-state index in [1.165, 1.54) is 6.92 Å². The van der Waals surface area contributed by atoms with Crippen LogP contribution in [0.5, 0.6) is 0 Å². The lowest BCUT2D eigenvalue weighted by atomic mass is 10.1. The van der Waals surface area contributed by atoms with E-state index in [-0.39, 0.29) is 18.2 Å². The van der Waals surface area contributed by atoms with Crippen LogP contribution in [0.15, 0.2) is 12.2 Å². The van der Waals surface area contributed by atoms with Gasteiger partial charge in [0.1, 0.15) is 6.10 Å². The number of ether oxygens (including phenoxy) is 1. The highest BCUT2D eigenvalue weighted by Gasteiger charge is 2.17. The Hall–Kier alpha value is -0.830. The Morgan fingerprint density at radius 1 is 1.50 bits per heavy atom. The van der Waals surface area contributed by atoms with Crippen LogP contribution in [0.3, 0.4) is 0 Å². The van der Waals surface area contributed by atoms with Gasteiger partial charge in [0.25, 0.3) is 0 Å². The molecule has 0 amide bonds. The summed E-state index contributed by atoms with van der Waals surface area (Å²) < 4.78 is 4.99. The maximum absolute atomic E-state index is 10.6. The zero-order chi connectivity index (χ0) is 8.97. The van der Waals surface area contributed by atoms with Crippen molar-refractivity contribution in [3.05, 3.63) is 12.2 Å². The van der Waals surface area contributed by atoms with Gasteiger partial charge in [0, 0.05) is 19.8 Å². The largest absolute Gasteiger partial charge is 0.462 e. The highest BCUT2D eigenvalue weighted by molar-refractivity contribution is 5.66. The minimum absolute atomic E-state index is 0.142. The summed E-state index contributed by atoms with van der Waals surface area (Å²) in [6, 6.07) is 0. The molecular weight excluding hydrogens is 156 g/mol. The monoisotopic (exact) mass is 170 g/mol. The van der Waals surface area contributed by atoms with Crippen LogP contribution in [0.1, 0.15) is 26.2 Å². The molecule has 0 bridgehead atoms. The predicted molar refractivity (Wildman–Crippen MR) is 44.6 cm³/mol. The van der Waals surface area contributed by atoms with Crippen molar-refractivity contribution in [3.8, 4) is 0 Å². The summed E-state index contributed by atoms with van der Waals surface area (Å²) in [5.74, 6) is -0.275. The molecule has 0 heterocycles. The van der Waals surface area contributed by atoms with Gasteiger partial charge in [0.2, 0.25) is 0 Å². The Balaban J connectivity index is 2.42. The van der Waals surface area contributed by atoms with Crippen LogP contribution in [0.25, 0.3) is 0 Å². The summed E-state index contributed by atoms with van der Waals surface area (Å²) >= 11 is 0. The Bertz CT molecular complexity index is 186. The van der Waals surface area contributed by atoms with Gasteiger partial charge in [-0.15, -0.1) is 0 Å². The zero-order valence-electron chi connectivity index (χ0n) is 7.19. The topological polar surface area (TPSA) is 46.5 Å². The molecular formula is C9H14O3. The SMILES string of the molecule is CC(=O)O[C@H]1CC=CC[C@@H](O)C1. The van der Waals surface area contributed by atoms with Crippen LogP contribution in [0.2, 0.25) is 0 Å². The van der Waals surface area contributed by atoms with E-state index < -0.39 is 0 Å². The molecule has 0 radical (unpaired) electrons. The van der Waals surface area contributed by atoms with Gasteiger partial charge in [0.05, 0.1) is 6.10 Å². The number of aliphatic hydroxyl groups is 1. The second-order valence-corrected chi connectivity index (χ2v) is 3.06. The standard InChI is InChI=1S/C9H14O3/c1-7(10)12-9-5-3-2-4-8(11)6-9/h2-3,8-9,11H,4-6H2,1H3/t8-,9+/m1/s1. The molecule has 0 aliphatic heterocycles. The van der Waals surface area contributed by atoms with Gasteiger partial charge in [-0.05, 0) is 6.42 Å². The highest BCUT2D eigenvalue weighted by atomic mass is 16.5. The molecule has 1 aliphatic rings. The minimum Gasteiger partial charge on any atom is -0.462 e. The number of hydrogen-bond acceptors (Lipinski definition) is 3. The quantitative estimate of drug-likeness (QED) is 0.472. The highest BCUT2D eigenvalue weighted by Crippen LogP contribution is 2.15. The summed E-state index contributed by atoms with van der Waals surface area (Å²) in [6.07, 6.45) is 5.29. The van der Waals surface area contributed by atoms with Gasteiger partial charge in [0.15, 0.2) is 0 Å². The van der Waals surface area contributed by atoms with Crippen molar-refractivity contribution in [3.63, 3.8) is 0 Å². The fourth-order valence-electron chi connectivity index (χ4n) is 1.33. The lowest BCUT2D eigenvalue weighted by Crippen LogP contribution is -2.20. The number of carbonyl (C=O) groups is 1. The lowest BCUT2D eigenvalue weighted by Gasteiger charge is -2.15. The molecule has 1 aliphatic carbocycles. The Kier molecular flexibility index (Phi) is 3.29. The molecule has 0 saturated heterocycles. The molecule has 0 aromatic heterocycles. The average Bonchev–Trinajstić information content (AvgIpc) is 2.12. The van der Waals surface area contributed by atoms with Crippen molar-refractivity contribution in [2.45, 2.75) is 38.4 Å². The van der Waals surface area contributed by atoms with Crippen molar-refractivity contribution < 1.29 is 14.6 Å². The summed E-state index contributed by atoms with van der Waals surface area (Å²) in [6.45, 7) is 1.39. The smallest absolute Gasteiger partial charge is 0.302 e. The fourth-order valence-corrected chi connectivity index (χ4v) is 1.33. The van der Waals surface area contributed by atoms with Gasteiger partial charge in [-0.2, -0.15) is 0 Å². The molecule has 3 nitrogen and oxygen atoms in total. The molecule has 1 rings (SSSR count). The third-order valence-corrected chi connectivity index (χ3v) is 1.84. The first kappa shape index (κ1) is 9.26. The third kappa shape index (κ3) is 3.05. The molecule has 0 saturated carbocycles. The van der Waals surface area contributed by atoms with Crippen LogP contribution in [-0.2, 0) is 9.53 Å². The Morgan fingerprint density at radius 3 is 2.83 bits per heavy atom. The van der Waals surface area contributed by atoms with E-state index in [1.54, 1.807) is 0 Å². The van der Waals surface area contributed by atoms with E-state index in [2.05, 4.69) is 0 Å². The van der Waals surface area contributed by atoms with Crippen molar-refractivity contribution in [1.82, 2.24) is 0 Å². The average molecular weight is 170 g/mol. The van der Waals surface area contributed by atoms with Crippen LogP contribution in [-0.4, -0.2) is 23.3 Å². The molecule has 0 fully saturated rings. The Morgan fingerprint density at radius 2 is 2.17 bits per heavy atom. The first-order valence-corrected chi connectivity index (χ1v) is 4.18. The maximum Gasteiger partial charge on any atom is 0.302 e. The van der Waals surface area contributed by atoms with E-state index in [4.69, 9.17) is 4.74 Å². The zero-order valence-corrected chi connectivity index (χ0v) is 7.19. The number of hydrogen-bond donors (Lipinski definition) is 1. The summed E-state index contributed by atoms with van der Waals surface area (Å²) in [5, 5.41) is 9.33. The first-order valence-electron chi connectivity index (χ1n) is 4.18. The van der Waals surface area contributed by atoms with Gasteiger partial charge < -0.3 is 9.84 Å². The molecule has 3 heteroatoms. The summed E-state index contributed by atoms with van der Waals surface area (Å²) in [7, 11) is 0. The normalized spacial score (nSPS) is 29.5. The van der Waals surface area contributed by atoms with Crippen LogP contribution in [0, 0.1) is 0 Å². The van der Waals surface area contributed by atoms with E-state index in [1.807, 2.05) is 12.2 Å². The molecule has 2 atom stereocenters. The van der Waals surface area contributed by atoms with Crippen molar-refractivity contribution >= 4 is 5.97 Å². The molecule has 1 N–H and O–H groups in total. The number of rotatable bonds is 1. The lowest BCUT2D eigenvalue weighted by molar-refractivity contribution is -0.147. The first-order chi connectivity index (χ1) is 5.68. The van der Waals surface area contributed by atoms with Gasteiger partial charge in [-0.25, -0.2) is 0 Å². The maximum atomic E-state index is 10.6. The van der Waals surface area contributed by atoms with Crippen LogP contribution in [0.4, 0.5) is 0 Å². The third-order valence-electron chi connectivity index (χ3n) is 1.84. The second kappa shape index (κ2) is 4.26. The second-order valence-electron chi connectivity index (χ2n) is 3.06. The number of esters is 1. The molecule has 0 aromatic rings. The Labute approximate surface area is 72.0 Å². The van der Waals surface area contributed by atoms with E-state index in [9.17, 15) is 9.90 Å². The van der Waals surface area contributed by atoms with E-state index in [0.29, 0.717) is 12.8 Å². The van der Waals surface area contributed by atoms with Crippen LogP contribution < -0.4 is 0 Å². The van der Waals surface area contributed by atoms with Gasteiger partial charge >= 0.3 is 5.97 Å². The molecule has 68 valence electrons. The molecule has 0 aromatic carbocycles. The van der Waals surface area contributed by atoms with Gasteiger partial charge in [-0.3, -0.25) is 4.79 Å². The predicted octanol–water partition coefficient (Wildman–Crippen LogP) is 1.02. The number of carbonyl (C=O) groups excluding carboxylic acids is 1. The summed E-state index contributed by atoms with van der Waals surface area (Å²) in [5.41, 5.74) is 0.